The number of benzene rings is 2. The van der Waals surface area contributed by atoms with Crippen LogP contribution in [-0.4, -0.2) is 5.33 Å². The van der Waals surface area contributed by atoms with Crippen LogP contribution < -0.4 is 0 Å². The Bertz CT molecular complexity index is 617. The van der Waals surface area contributed by atoms with Crippen molar-refractivity contribution in [1.82, 2.24) is 0 Å². The highest BCUT2D eigenvalue weighted by Gasteiger charge is 2.32. The first-order valence-electron chi connectivity index (χ1n) is 7.92. The number of hydrogen-bond acceptors (Lipinski definition) is 0. The van der Waals surface area contributed by atoms with Crippen molar-refractivity contribution in [2.24, 2.45) is 5.92 Å². The molecule has 3 unspecified atom stereocenters. The zero-order valence-electron chi connectivity index (χ0n) is 12.9. The van der Waals surface area contributed by atoms with E-state index in [1.807, 2.05) is 0 Å². The van der Waals surface area contributed by atoms with Crippen LogP contribution in [0, 0.1) is 12.8 Å². The van der Waals surface area contributed by atoms with Gasteiger partial charge in [-0.3, -0.25) is 0 Å². The predicted molar refractivity (Wildman–Crippen MR) is 94.4 cm³/mol. The molecule has 1 heteroatoms. The highest BCUT2D eigenvalue weighted by molar-refractivity contribution is 9.09. The summed E-state index contributed by atoms with van der Waals surface area (Å²) in [7, 11) is 0. The lowest BCUT2D eigenvalue weighted by Crippen LogP contribution is -2.23. The standard InChI is InChI=1S/C20H23Br/c1-14-7-3-4-8-17(14)20-13-16(11-12-21)15(2)18-9-5-6-10-19(18)20/h3-10,15-16,20H,11-13H2,1-2H3. The third-order valence-electron chi connectivity index (χ3n) is 5.15. The van der Waals surface area contributed by atoms with Gasteiger partial charge in [0.05, 0.1) is 0 Å². The van der Waals surface area contributed by atoms with Gasteiger partial charge in [-0.1, -0.05) is 71.4 Å². The molecule has 0 saturated carbocycles. The quantitative estimate of drug-likeness (QED) is 0.597. The molecule has 0 spiro atoms. The molecule has 0 heterocycles. The minimum absolute atomic E-state index is 0.558. The Morgan fingerprint density at radius 3 is 2.24 bits per heavy atom. The van der Waals surface area contributed by atoms with E-state index in [2.05, 4.69) is 78.3 Å². The molecule has 0 nitrogen and oxygen atoms in total. The fraction of sp³-hybridized carbons (Fsp3) is 0.400. The van der Waals surface area contributed by atoms with E-state index in [-0.39, 0.29) is 0 Å². The van der Waals surface area contributed by atoms with Gasteiger partial charge in [0.1, 0.15) is 0 Å². The topological polar surface area (TPSA) is 0 Å². The van der Waals surface area contributed by atoms with Crippen molar-refractivity contribution < 1.29 is 0 Å². The smallest absolute Gasteiger partial charge is 0.00976 e. The normalized spacial score (nSPS) is 24.6. The van der Waals surface area contributed by atoms with Gasteiger partial charge < -0.3 is 0 Å². The minimum atomic E-state index is 0.558. The lowest BCUT2D eigenvalue weighted by atomic mass is 9.67. The number of rotatable bonds is 3. The first-order valence-corrected chi connectivity index (χ1v) is 9.04. The number of hydrogen-bond donors (Lipinski definition) is 0. The summed E-state index contributed by atoms with van der Waals surface area (Å²) in [5, 5.41) is 1.10. The van der Waals surface area contributed by atoms with Crippen molar-refractivity contribution >= 4 is 15.9 Å². The summed E-state index contributed by atoms with van der Waals surface area (Å²) in [4.78, 5) is 0. The van der Waals surface area contributed by atoms with Crippen LogP contribution in [0.1, 0.15) is 53.9 Å². The van der Waals surface area contributed by atoms with E-state index in [9.17, 15) is 0 Å². The van der Waals surface area contributed by atoms with Crippen molar-refractivity contribution in [3.05, 3.63) is 70.8 Å². The van der Waals surface area contributed by atoms with Crippen LogP contribution >= 0.6 is 15.9 Å². The first-order chi connectivity index (χ1) is 10.2. The molecule has 0 aromatic heterocycles. The number of aryl methyl sites for hydroxylation is 1. The van der Waals surface area contributed by atoms with Crippen LogP contribution in [0.5, 0.6) is 0 Å². The molecule has 21 heavy (non-hydrogen) atoms. The van der Waals surface area contributed by atoms with Crippen LogP contribution in [0.4, 0.5) is 0 Å². The summed E-state index contributed by atoms with van der Waals surface area (Å²) in [6.45, 7) is 4.65. The Balaban J connectivity index is 2.08. The monoisotopic (exact) mass is 342 g/mol. The molecule has 1 aliphatic carbocycles. The predicted octanol–water partition coefficient (Wildman–Crippen LogP) is 6.04. The van der Waals surface area contributed by atoms with E-state index in [0.29, 0.717) is 11.8 Å². The molecule has 0 saturated heterocycles. The lowest BCUT2D eigenvalue weighted by Gasteiger charge is -2.37. The van der Waals surface area contributed by atoms with Crippen LogP contribution in [0.15, 0.2) is 48.5 Å². The molecule has 3 rings (SSSR count). The molecule has 0 radical (unpaired) electrons. The summed E-state index contributed by atoms with van der Waals surface area (Å²) in [6.07, 6.45) is 2.53. The van der Waals surface area contributed by atoms with Crippen LogP contribution in [0.2, 0.25) is 0 Å². The van der Waals surface area contributed by atoms with Gasteiger partial charge in [0.25, 0.3) is 0 Å². The van der Waals surface area contributed by atoms with E-state index in [1.54, 1.807) is 11.1 Å². The molecule has 1 aliphatic rings. The maximum absolute atomic E-state index is 3.64. The Morgan fingerprint density at radius 1 is 0.952 bits per heavy atom. The van der Waals surface area contributed by atoms with Crippen molar-refractivity contribution in [3.63, 3.8) is 0 Å². The summed E-state index contributed by atoms with van der Waals surface area (Å²) >= 11 is 3.64. The SMILES string of the molecule is Cc1ccccc1C1CC(CCBr)C(C)c2ccccc21. The van der Waals surface area contributed by atoms with E-state index in [1.165, 1.54) is 24.0 Å². The summed E-state index contributed by atoms with van der Waals surface area (Å²) in [5.41, 5.74) is 6.04. The van der Waals surface area contributed by atoms with E-state index < -0.39 is 0 Å². The first kappa shape index (κ1) is 14.8. The summed E-state index contributed by atoms with van der Waals surface area (Å²) < 4.78 is 0. The molecular weight excluding hydrogens is 320 g/mol. The van der Waals surface area contributed by atoms with Gasteiger partial charge in [0.2, 0.25) is 0 Å². The molecule has 0 bridgehead atoms. The molecular formula is C20H23Br. The average molecular weight is 343 g/mol. The largest absolute Gasteiger partial charge is 0.0928 e. The van der Waals surface area contributed by atoms with Gasteiger partial charge in [0.15, 0.2) is 0 Å². The molecule has 0 aliphatic heterocycles. The van der Waals surface area contributed by atoms with Gasteiger partial charge in [-0.25, -0.2) is 0 Å². The van der Waals surface area contributed by atoms with Gasteiger partial charge in [-0.2, -0.15) is 0 Å². The zero-order valence-corrected chi connectivity index (χ0v) is 14.4. The molecule has 2 aromatic rings. The van der Waals surface area contributed by atoms with Crippen molar-refractivity contribution in [1.29, 1.82) is 0 Å². The Hall–Kier alpha value is -1.08. The van der Waals surface area contributed by atoms with E-state index >= 15 is 0 Å². The van der Waals surface area contributed by atoms with Crippen LogP contribution in [0.3, 0.4) is 0 Å². The molecule has 3 atom stereocenters. The second kappa shape index (κ2) is 6.36. The molecule has 2 aromatic carbocycles. The van der Waals surface area contributed by atoms with Gasteiger partial charge in [-0.05, 0) is 53.9 Å². The minimum Gasteiger partial charge on any atom is -0.0928 e. The molecule has 0 fully saturated rings. The highest BCUT2D eigenvalue weighted by Crippen LogP contribution is 2.47. The number of fused-ring (bicyclic) bond motifs is 1. The highest BCUT2D eigenvalue weighted by atomic mass is 79.9. The third-order valence-corrected chi connectivity index (χ3v) is 5.61. The zero-order chi connectivity index (χ0) is 14.8. The molecule has 110 valence electrons. The average Bonchev–Trinajstić information content (AvgIpc) is 2.51. The number of alkyl halides is 1. The fourth-order valence-electron chi connectivity index (χ4n) is 3.91. The van der Waals surface area contributed by atoms with Crippen molar-refractivity contribution in [2.45, 2.75) is 38.5 Å². The van der Waals surface area contributed by atoms with Gasteiger partial charge >= 0.3 is 0 Å². The van der Waals surface area contributed by atoms with E-state index in [0.717, 1.165) is 11.2 Å². The maximum atomic E-state index is 3.64. The molecule has 0 N–H and O–H groups in total. The third kappa shape index (κ3) is 2.81. The Kier molecular flexibility index (Phi) is 4.49. The summed E-state index contributed by atoms with van der Waals surface area (Å²) in [5.74, 6) is 1.99. The van der Waals surface area contributed by atoms with Gasteiger partial charge in [0, 0.05) is 11.2 Å². The number of halogens is 1. The fourth-order valence-corrected chi connectivity index (χ4v) is 4.50. The van der Waals surface area contributed by atoms with Crippen LogP contribution in [0.25, 0.3) is 0 Å². The maximum Gasteiger partial charge on any atom is 0.00976 e. The van der Waals surface area contributed by atoms with Crippen LogP contribution in [-0.2, 0) is 0 Å². The summed E-state index contributed by atoms with van der Waals surface area (Å²) in [6, 6.07) is 18.0. The Morgan fingerprint density at radius 2 is 1.57 bits per heavy atom. The van der Waals surface area contributed by atoms with Gasteiger partial charge in [-0.15, -0.1) is 0 Å². The van der Waals surface area contributed by atoms with E-state index in [4.69, 9.17) is 0 Å². The second-order valence-corrected chi connectivity index (χ2v) is 7.09. The van der Waals surface area contributed by atoms with Crippen molar-refractivity contribution in [2.75, 3.05) is 5.33 Å². The second-order valence-electron chi connectivity index (χ2n) is 6.30. The van der Waals surface area contributed by atoms with Crippen molar-refractivity contribution in [3.8, 4) is 0 Å². The lowest BCUT2D eigenvalue weighted by molar-refractivity contribution is 0.361. The molecule has 0 amide bonds. The Labute approximate surface area is 136 Å².